The molecule has 5 heteroatoms. The highest BCUT2D eigenvalue weighted by atomic mass is 16.2. The zero-order valence-corrected chi connectivity index (χ0v) is 13.2. The number of hydrogen-bond acceptors (Lipinski definition) is 3. The molecule has 1 saturated carbocycles. The maximum absolute atomic E-state index is 11.9. The average Bonchev–Trinajstić information content (AvgIpc) is 3.36. The number of hydrogen-bond donors (Lipinski definition) is 3. The number of nitrogens with zero attached hydrogens (tertiary/aromatic N) is 1. The molecule has 1 aliphatic heterocycles. The fourth-order valence-electron chi connectivity index (χ4n) is 2.79. The van der Waals surface area contributed by atoms with E-state index in [9.17, 15) is 4.79 Å². The Morgan fingerprint density at radius 1 is 1.21 bits per heavy atom. The molecule has 0 saturated heterocycles. The maximum atomic E-state index is 11.9. The molecule has 4 N–H and O–H groups in total. The third-order valence-electron chi connectivity index (χ3n) is 4.18. The zero-order valence-electron chi connectivity index (χ0n) is 13.2. The van der Waals surface area contributed by atoms with Gasteiger partial charge in [0.05, 0.1) is 0 Å². The number of carbonyl (C=O) groups excluding carboxylic acids is 1. The van der Waals surface area contributed by atoms with E-state index in [2.05, 4.69) is 33.5 Å². The molecule has 0 radical (unpaired) electrons. The van der Waals surface area contributed by atoms with Crippen molar-refractivity contribution in [1.29, 1.82) is 0 Å². The first-order valence-electron chi connectivity index (χ1n) is 8.10. The Labute approximate surface area is 140 Å². The minimum absolute atomic E-state index is 0.211. The summed E-state index contributed by atoms with van der Waals surface area (Å²) < 4.78 is 0. The number of pyridine rings is 1. The summed E-state index contributed by atoms with van der Waals surface area (Å²) in [5.74, 6) is 7.45. The van der Waals surface area contributed by atoms with Gasteiger partial charge in [-0.3, -0.25) is 0 Å². The minimum atomic E-state index is -0.242. The third kappa shape index (κ3) is 3.18. The van der Waals surface area contributed by atoms with Crippen LogP contribution in [-0.2, 0) is 6.42 Å². The van der Waals surface area contributed by atoms with Crippen molar-refractivity contribution in [1.82, 2.24) is 10.3 Å². The van der Waals surface area contributed by atoms with Gasteiger partial charge in [-0.15, -0.1) is 0 Å². The van der Waals surface area contributed by atoms with E-state index in [4.69, 9.17) is 5.73 Å². The average molecular weight is 318 g/mol. The number of carbonyl (C=O) groups is 1. The molecule has 1 fully saturated rings. The molecule has 1 aliphatic carbocycles. The summed E-state index contributed by atoms with van der Waals surface area (Å²) in [5, 5.41) is 5.75. The molecule has 5 nitrogen and oxygen atoms in total. The lowest BCUT2D eigenvalue weighted by molar-refractivity contribution is 0.249. The molecule has 0 spiro atoms. The predicted octanol–water partition coefficient (Wildman–Crippen LogP) is 2.84. The van der Waals surface area contributed by atoms with Crippen molar-refractivity contribution in [2.45, 2.75) is 25.3 Å². The van der Waals surface area contributed by atoms with E-state index < -0.39 is 0 Å². The molecule has 4 rings (SSSR count). The molecule has 1 atom stereocenters. The van der Waals surface area contributed by atoms with Crippen LogP contribution in [0.2, 0.25) is 0 Å². The van der Waals surface area contributed by atoms with Crippen LogP contribution in [0.15, 0.2) is 36.4 Å². The number of nitrogens with two attached hydrogens (primary N) is 1. The second kappa shape index (κ2) is 5.89. The quantitative estimate of drug-likeness (QED) is 0.745. The van der Waals surface area contributed by atoms with Crippen molar-refractivity contribution in [3.63, 3.8) is 0 Å². The summed E-state index contributed by atoms with van der Waals surface area (Å²) in [6, 6.07) is 11.2. The lowest BCUT2D eigenvalue weighted by Crippen LogP contribution is -2.37. The highest BCUT2D eigenvalue weighted by molar-refractivity contribution is 5.93. The highest BCUT2D eigenvalue weighted by Gasteiger charge is 2.24. The van der Waals surface area contributed by atoms with E-state index in [1.54, 1.807) is 6.07 Å². The van der Waals surface area contributed by atoms with E-state index in [-0.39, 0.29) is 12.1 Å². The Hall–Kier alpha value is -3.00. The molecule has 2 aliphatic rings. The minimum Gasteiger partial charge on any atom is -0.384 e. The van der Waals surface area contributed by atoms with Crippen LogP contribution < -0.4 is 16.4 Å². The fourth-order valence-corrected chi connectivity index (χ4v) is 2.79. The highest BCUT2D eigenvalue weighted by Crippen LogP contribution is 2.31. The molecular weight excluding hydrogens is 300 g/mol. The van der Waals surface area contributed by atoms with Gasteiger partial charge < -0.3 is 16.4 Å². The molecule has 2 aromatic rings. The summed E-state index contributed by atoms with van der Waals surface area (Å²) in [6.07, 6.45) is 3.01. The van der Waals surface area contributed by atoms with E-state index in [1.165, 1.54) is 12.8 Å². The topological polar surface area (TPSA) is 80.0 Å². The summed E-state index contributed by atoms with van der Waals surface area (Å²) >= 11 is 0. The van der Waals surface area contributed by atoms with Crippen LogP contribution in [0.1, 0.15) is 35.7 Å². The Morgan fingerprint density at radius 2 is 2.08 bits per heavy atom. The number of urea groups is 1. The SMILES string of the molecule is Nc1cccc(Cc2ccc3c(c2)NC(=O)N[C@H]3C#CC2CC2)n1. The number of rotatable bonds is 2. The van der Waals surface area contributed by atoms with Gasteiger partial charge in [-0.05, 0) is 36.6 Å². The second-order valence-electron chi connectivity index (χ2n) is 6.25. The second-order valence-corrected chi connectivity index (χ2v) is 6.25. The number of benzene rings is 1. The van der Waals surface area contributed by atoms with Crippen LogP contribution in [0.3, 0.4) is 0 Å². The van der Waals surface area contributed by atoms with E-state index in [1.807, 2.05) is 24.3 Å². The van der Waals surface area contributed by atoms with Crippen molar-refractivity contribution in [3.8, 4) is 11.8 Å². The standard InChI is InChI=1S/C19H18N4O/c20-18-3-1-2-14(21-18)10-13-6-8-15-16(9-7-12-4-5-12)22-19(24)23-17(15)11-13/h1-3,6,8,11-12,16H,4-5,10H2,(H2,20,21)(H2,22,23,24)/t16-/m0/s1. The van der Waals surface area contributed by atoms with Crippen molar-refractivity contribution in [2.24, 2.45) is 5.92 Å². The van der Waals surface area contributed by atoms with E-state index in [0.29, 0.717) is 18.2 Å². The molecule has 0 bridgehead atoms. The summed E-state index contributed by atoms with van der Waals surface area (Å²) in [7, 11) is 0. The summed E-state index contributed by atoms with van der Waals surface area (Å²) in [6.45, 7) is 0. The van der Waals surface area contributed by atoms with Crippen LogP contribution in [0, 0.1) is 17.8 Å². The number of anilines is 2. The van der Waals surface area contributed by atoms with Crippen molar-refractivity contribution in [3.05, 3.63) is 53.2 Å². The van der Waals surface area contributed by atoms with Gasteiger partial charge >= 0.3 is 6.03 Å². The molecule has 24 heavy (non-hydrogen) atoms. The molecular formula is C19H18N4O. The molecule has 120 valence electrons. The largest absolute Gasteiger partial charge is 0.384 e. The first-order chi connectivity index (χ1) is 11.7. The van der Waals surface area contributed by atoms with Crippen molar-refractivity contribution >= 4 is 17.5 Å². The van der Waals surface area contributed by atoms with Gasteiger partial charge in [0, 0.05) is 29.3 Å². The van der Waals surface area contributed by atoms with Gasteiger partial charge in [-0.1, -0.05) is 30.0 Å². The van der Waals surface area contributed by atoms with Crippen LogP contribution in [0.4, 0.5) is 16.3 Å². The first-order valence-corrected chi connectivity index (χ1v) is 8.10. The van der Waals surface area contributed by atoms with E-state index in [0.717, 1.165) is 22.5 Å². The molecule has 1 aromatic carbocycles. The van der Waals surface area contributed by atoms with Crippen LogP contribution >= 0.6 is 0 Å². The Kier molecular flexibility index (Phi) is 3.58. The van der Waals surface area contributed by atoms with Gasteiger partial charge in [0.25, 0.3) is 0 Å². The van der Waals surface area contributed by atoms with Crippen molar-refractivity contribution < 1.29 is 4.79 Å². The Morgan fingerprint density at radius 3 is 2.88 bits per heavy atom. The smallest absolute Gasteiger partial charge is 0.320 e. The van der Waals surface area contributed by atoms with Gasteiger partial charge in [-0.25, -0.2) is 9.78 Å². The summed E-state index contributed by atoms with van der Waals surface area (Å²) in [5.41, 5.74) is 9.53. The van der Waals surface area contributed by atoms with Gasteiger partial charge in [0.2, 0.25) is 0 Å². The number of nitrogens with one attached hydrogen (secondary N) is 2. The normalized spacial score (nSPS) is 18.7. The van der Waals surface area contributed by atoms with Crippen LogP contribution in [0.5, 0.6) is 0 Å². The first kappa shape index (κ1) is 14.6. The van der Waals surface area contributed by atoms with Gasteiger partial charge in [-0.2, -0.15) is 0 Å². The van der Waals surface area contributed by atoms with Crippen LogP contribution in [-0.4, -0.2) is 11.0 Å². The Balaban J connectivity index is 1.60. The third-order valence-corrected chi connectivity index (χ3v) is 4.18. The van der Waals surface area contributed by atoms with Crippen molar-refractivity contribution in [2.75, 3.05) is 11.1 Å². The Bertz CT molecular complexity index is 861. The van der Waals surface area contributed by atoms with Gasteiger partial charge in [0.15, 0.2) is 0 Å². The lowest BCUT2D eigenvalue weighted by atomic mass is 9.98. The maximum Gasteiger partial charge on any atom is 0.320 e. The zero-order chi connectivity index (χ0) is 16.5. The number of aromatic nitrogens is 1. The molecule has 1 aromatic heterocycles. The molecule has 2 amide bonds. The lowest BCUT2D eigenvalue weighted by Gasteiger charge is -2.24. The number of fused-ring (bicyclic) bond motifs is 1. The van der Waals surface area contributed by atoms with Crippen LogP contribution in [0.25, 0.3) is 0 Å². The summed E-state index contributed by atoms with van der Waals surface area (Å²) in [4.78, 5) is 16.2. The number of nitrogen functional groups attached to an aromatic ring is 1. The predicted molar refractivity (Wildman–Crippen MR) is 93.3 cm³/mol. The fraction of sp³-hybridized carbons (Fsp3) is 0.263. The number of amides is 2. The monoisotopic (exact) mass is 318 g/mol. The molecule has 0 unspecified atom stereocenters. The van der Waals surface area contributed by atoms with E-state index >= 15 is 0 Å². The molecule has 2 heterocycles. The van der Waals surface area contributed by atoms with Gasteiger partial charge in [0.1, 0.15) is 11.9 Å².